The Balaban J connectivity index is 1.94. The Kier molecular flexibility index (Phi) is 9.48. The van der Waals surface area contributed by atoms with Gasteiger partial charge in [0.15, 0.2) is 0 Å². The monoisotopic (exact) mass is 559 g/mol. The first-order chi connectivity index (χ1) is 18.7. The van der Waals surface area contributed by atoms with Crippen molar-refractivity contribution in [2.75, 3.05) is 26.7 Å². The van der Waals surface area contributed by atoms with Gasteiger partial charge in [0, 0.05) is 26.7 Å². The first kappa shape index (κ1) is 30.9. The second-order valence-electron chi connectivity index (χ2n) is 10.7. The quantitative estimate of drug-likeness (QED) is 0.252. The number of halogens is 4. The van der Waals surface area contributed by atoms with Crippen LogP contribution in [0.15, 0.2) is 67.8 Å². The Morgan fingerprint density at radius 3 is 2.30 bits per heavy atom. The summed E-state index contributed by atoms with van der Waals surface area (Å²) in [5.41, 5.74) is 0.0188. The Hall–Kier alpha value is -3.62. The molecule has 9 heteroatoms. The third-order valence-corrected chi connectivity index (χ3v) is 7.78. The van der Waals surface area contributed by atoms with E-state index in [1.807, 2.05) is 38.1 Å². The Morgan fingerprint density at radius 2 is 1.73 bits per heavy atom. The Morgan fingerprint density at radius 1 is 1.10 bits per heavy atom. The van der Waals surface area contributed by atoms with Gasteiger partial charge in [-0.05, 0) is 61.6 Å². The van der Waals surface area contributed by atoms with E-state index in [2.05, 4.69) is 13.2 Å². The van der Waals surface area contributed by atoms with Gasteiger partial charge in [0.2, 0.25) is 5.91 Å². The van der Waals surface area contributed by atoms with Gasteiger partial charge in [-0.3, -0.25) is 4.79 Å². The minimum Gasteiger partial charge on any atom is -0.338 e. The molecule has 3 amide bonds. The van der Waals surface area contributed by atoms with Crippen molar-refractivity contribution in [2.24, 2.45) is 5.41 Å². The number of rotatable bonds is 8. The van der Waals surface area contributed by atoms with Crippen LogP contribution in [0.1, 0.15) is 61.0 Å². The van der Waals surface area contributed by atoms with Crippen molar-refractivity contribution in [1.29, 1.82) is 0 Å². The summed E-state index contributed by atoms with van der Waals surface area (Å²) >= 11 is 0. The van der Waals surface area contributed by atoms with Gasteiger partial charge in [-0.2, -0.15) is 13.2 Å². The average Bonchev–Trinajstić information content (AvgIpc) is 2.90. The van der Waals surface area contributed by atoms with E-state index >= 15 is 0 Å². The van der Waals surface area contributed by atoms with Gasteiger partial charge >= 0.3 is 12.2 Å². The number of benzene rings is 2. The lowest BCUT2D eigenvalue weighted by Gasteiger charge is -2.46. The van der Waals surface area contributed by atoms with Gasteiger partial charge in [0.05, 0.1) is 23.1 Å². The number of nitrogens with zero attached hydrogens (tertiary/aromatic N) is 3. The Bertz CT molecular complexity index is 1250. The van der Waals surface area contributed by atoms with Crippen LogP contribution in [0, 0.1) is 18.2 Å². The van der Waals surface area contributed by atoms with Gasteiger partial charge in [-0.1, -0.05) is 43.3 Å². The summed E-state index contributed by atoms with van der Waals surface area (Å²) in [6.45, 7) is 13.7. The zero-order valence-electron chi connectivity index (χ0n) is 23.5. The van der Waals surface area contributed by atoms with Crippen molar-refractivity contribution in [3.63, 3.8) is 0 Å². The third-order valence-electron chi connectivity index (χ3n) is 7.78. The molecule has 3 rings (SSSR count). The first-order valence-corrected chi connectivity index (χ1v) is 13.2. The number of amides is 3. The first-order valence-electron chi connectivity index (χ1n) is 13.2. The number of urea groups is 1. The number of carbonyl (C=O) groups excluding carboxylic acids is 2. The fourth-order valence-corrected chi connectivity index (χ4v) is 5.31. The molecular weight excluding hydrogens is 522 g/mol. The van der Waals surface area contributed by atoms with Gasteiger partial charge in [-0.25, -0.2) is 9.18 Å². The molecule has 2 aromatic rings. The molecular formula is C31H37F4N3O2. The van der Waals surface area contributed by atoms with E-state index < -0.39 is 41.1 Å². The highest BCUT2D eigenvalue weighted by Gasteiger charge is 2.41. The summed E-state index contributed by atoms with van der Waals surface area (Å²) in [4.78, 5) is 32.3. The molecule has 0 radical (unpaired) electrons. The summed E-state index contributed by atoms with van der Waals surface area (Å²) < 4.78 is 54.1. The van der Waals surface area contributed by atoms with Crippen LogP contribution in [0.5, 0.6) is 0 Å². The van der Waals surface area contributed by atoms with Crippen LogP contribution in [0.3, 0.4) is 0 Å². The summed E-state index contributed by atoms with van der Waals surface area (Å²) in [6.07, 6.45) is -0.344. The van der Waals surface area contributed by atoms with Crippen molar-refractivity contribution in [3.05, 3.63) is 95.8 Å². The molecule has 0 aromatic heterocycles. The lowest BCUT2D eigenvalue weighted by Crippen LogP contribution is -2.57. The van der Waals surface area contributed by atoms with Crippen LogP contribution in [0.4, 0.5) is 22.4 Å². The highest BCUT2D eigenvalue weighted by molar-refractivity contribution is 5.83. The van der Waals surface area contributed by atoms with E-state index in [0.717, 1.165) is 23.3 Å². The number of hydrogen-bond donors (Lipinski definition) is 0. The molecule has 1 aliphatic rings. The number of piperazine rings is 1. The zero-order chi connectivity index (χ0) is 29.8. The molecule has 40 heavy (non-hydrogen) atoms. The molecule has 0 unspecified atom stereocenters. The minimum absolute atomic E-state index is 0.0362. The predicted octanol–water partition coefficient (Wildman–Crippen LogP) is 7.31. The van der Waals surface area contributed by atoms with Crippen LogP contribution < -0.4 is 0 Å². The molecule has 5 nitrogen and oxygen atoms in total. The average molecular weight is 560 g/mol. The van der Waals surface area contributed by atoms with Crippen molar-refractivity contribution in [3.8, 4) is 0 Å². The van der Waals surface area contributed by atoms with Crippen molar-refractivity contribution in [2.45, 2.75) is 51.9 Å². The largest absolute Gasteiger partial charge is 0.416 e. The lowest BCUT2D eigenvalue weighted by atomic mass is 9.81. The van der Waals surface area contributed by atoms with E-state index in [-0.39, 0.29) is 31.1 Å². The van der Waals surface area contributed by atoms with Crippen molar-refractivity contribution in [1.82, 2.24) is 14.7 Å². The SMILES string of the molecule is C=CCC(C)(CC=C)C(=O)N1CCN(C(=O)N(C)[C@H](C)c2cc(F)cc(C(F)(F)F)c2)[C@@H](c2ccccc2C)C1. The molecule has 2 atom stereocenters. The molecule has 0 aliphatic carbocycles. The molecule has 0 N–H and O–H groups in total. The molecule has 1 fully saturated rings. The van der Waals surface area contributed by atoms with Gasteiger partial charge in [0.1, 0.15) is 5.82 Å². The topological polar surface area (TPSA) is 43.9 Å². The fourth-order valence-electron chi connectivity index (χ4n) is 5.31. The number of carbonyl (C=O) groups is 2. The Labute approximate surface area is 233 Å². The molecule has 1 heterocycles. The van der Waals surface area contributed by atoms with E-state index in [1.165, 1.54) is 11.9 Å². The molecule has 1 saturated heterocycles. The van der Waals surface area contributed by atoms with Gasteiger partial charge in [-0.15, -0.1) is 13.2 Å². The van der Waals surface area contributed by atoms with E-state index in [9.17, 15) is 27.2 Å². The maximum atomic E-state index is 14.1. The number of allylic oxidation sites excluding steroid dienone is 2. The number of alkyl halides is 3. The van der Waals surface area contributed by atoms with Crippen LogP contribution in [-0.4, -0.2) is 53.3 Å². The molecule has 0 saturated carbocycles. The van der Waals surface area contributed by atoms with Crippen molar-refractivity contribution >= 4 is 11.9 Å². The molecule has 1 aliphatic heterocycles. The molecule has 2 aromatic carbocycles. The predicted molar refractivity (Wildman–Crippen MR) is 148 cm³/mol. The second kappa shape index (κ2) is 12.3. The fraction of sp³-hybridized carbons (Fsp3) is 0.419. The van der Waals surface area contributed by atoms with E-state index in [0.29, 0.717) is 18.9 Å². The summed E-state index contributed by atoms with van der Waals surface area (Å²) in [5, 5.41) is 0. The molecule has 0 spiro atoms. The summed E-state index contributed by atoms with van der Waals surface area (Å²) in [5.74, 6) is -1.08. The molecule has 216 valence electrons. The molecule has 0 bridgehead atoms. The van der Waals surface area contributed by atoms with E-state index in [1.54, 1.807) is 28.9 Å². The number of aryl methyl sites for hydroxylation is 1. The smallest absolute Gasteiger partial charge is 0.338 e. The third kappa shape index (κ3) is 6.57. The highest BCUT2D eigenvalue weighted by atomic mass is 19.4. The number of hydrogen-bond acceptors (Lipinski definition) is 2. The second-order valence-corrected chi connectivity index (χ2v) is 10.7. The zero-order valence-corrected chi connectivity index (χ0v) is 23.5. The maximum absolute atomic E-state index is 14.1. The van der Waals surface area contributed by atoms with Gasteiger partial charge in [0.25, 0.3) is 0 Å². The summed E-state index contributed by atoms with van der Waals surface area (Å²) in [7, 11) is 1.49. The summed E-state index contributed by atoms with van der Waals surface area (Å²) in [6, 6.07) is 8.15. The van der Waals surface area contributed by atoms with E-state index in [4.69, 9.17) is 0 Å². The standard InChI is InChI=1S/C31H37F4N3O2/c1-7-13-30(5,14-8-2)28(39)37-15-16-38(27(20-37)26-12-10-9-11-21(26)3)29(40)36(6)22(4)23-17-24(31(33,34)35)19-25(32)18-23/h7-12,17-19,22,27H,1-2,13-16,20H2,3-6H3/t22-,27-/m1/s1. The lowest BCUT2D eigenvalue weighted by molar-refractivity contribution is -0.144. The van der Waals surface area contributed by atoms with Crippen LogP contribution >= 0.6 is 0 Å². The van der Waals surface area contributed by atoms with Crippen LogP contribution in [0.2, 0.25) is 0 Å². The minimum atomic E-state index is -4.72. The van der Waals surface area contributed by atoms with Crippen LogP contribution in [0.25, 0.3) is 0 Å². The van der Waals surface area contributed by atoms with Crippen LogP contribution in [-0.2, 0) is 11.0 Å². The maximum Gasteiger partial charge on any atom is 0.416 e. The normalized spacial score (nSPS) is 16.9. The van der Waals surface area contributed by atoms with Gasteiger partial charge < -0.3 is 14.7 Å². The van der Waals surface area contributed by atoms with Crippen molar-refractivity contribution < 1.29 is 27.2 Å². The highest BCUT2D eigenvalue weighted by Crippen LogP contribution is 2.36.